The number of halogens is 1. The van der Waals surface area contributed by atoms with Gasteiger partial charge in [-0.3, -0.25) is 9.67 Å². The summed E-state index contributed by atoms with van der Waals surface area (Å²) in [6.07, 6.45) is 4.01. The molecule has 0 amide bonds. The molecule has 0 aliphatic rings. The summed E-state index contributed by atoms with van der Waals surface area (Å²) in [5.74, 6) is 0. The van der Waals surface area contributed by atoms with Crippen LogP contribution in [0.4, 0.5) is 0 Å². The Hall–Kier alpha value is -1.39. The first-order valence-electron chi connectivity index (χ1n) is 6.48. The second kappa shape index (κ2) is 6.17. The van der Waals surface area contributed by atoms with Crippen LogP contribution in [0.15, 0.2) is 24.5 Å². The molecule has 0 aliphatic carbocycles. The van der Waals surface area contributed by atoms with Gasteiger partial charge in [-0.25, -0.2) is 0 Å². The summed E-state index contributed by atoms with van der Waals surface area (Å²) in [5, 5.41) is 15.4. The van der Waals surface area contributed by atoms with Crippen molar-refractivity contribution in [2.75, 3.05) is 0 Å². The van der Waals surface area contributed by atoms with Crippen molar-refractivity contribution in [2.24, 2.45) is 0 Å². The number of aryl methyl sites for hydroxylation is 2. The van der Waals surface area contributed by atoms with Crippen molar-refractivity contribution < 1.29 is 5.11 Å². The minimum atomic E-state index is -0.604. The van der Waals surface area contributed by atoms with Crippen LogP contribution in [0, 0.1) is 0 Å². The molecule has 0 saturated carbocycles. The average molecular weight is 280 g/mol. The number of aliphatic hydroxyl groups is 1. The molecule has 4 nitrogen and oxygen atoms in total. The lowest BCUT2D eigenvalue weighted by Gasteiger charge is -2.13. The third-order valence-corrected chi connectivity index (χ3v) is 3.47. The van der Waals surface area contributed by atoms with Crippen molar-refractivity contribution in [3.05, 3.63) is 46.5 Å². The number of hydrogen-bond donors (Lipinski definition) is 1. The minimum Gasteiger partial charge on any atom is -0.386 e. The highest BCUT2D eigenvalue weighted by Gasteiger charge is 2.16. The molecule has 0 spiro atoms. The number of aromatic nitrogens is 3. The lowest BCUT2D eigenvalue weighted by molar-refractivity contribution is 0.167. The van der Waals surface area contributed by atoms with Crippen LogP contribution >= 0.6 is 11.6 Å². The van der Waals surface area contributed by atoms with Gasteiger partial charge in [0.05, 0.1) is 22.5 Å². The second-order valence-corrected chi connectivity index (χ2v) is 4.82. The number of aliphatic hydroxyl groups excluding tert-OH is 1. The van der Waals surface area contributed by atoms with E-state index in [9.17, 15) is 5.11 Å². The lowest BCUT2D eigenvalue weighted by Crippen LogP contribution is -2.10. The zero-order valence-electron chi connectivity index (χ0n) is 11.2. The summed E-state index contributed by atoms with van der Waals surface area (Å²) in [4.78, 5) is 3.94. The zero-order chi connectivity index (χ0) is 13.8. The average Bonchev–Trinajstić information content (AvgIpc) is 2.84. The smallest absolute Gasteiger partial charge is 0.0997 e. The molecule has 19 heavy (non-hydrogen) atoms. The van der Waals surface area contributed by atoms with Crippen molar-refractivity contribution in [3.63, 3.8) is 0 Å². The van der Waals surface area contributed by atoms with E-state index in [0.29, 0.717) is 11.4 Å². The third-order valence-electron chi connectivity index (χ3n) is 3.13. The Morgan fingerprint density at radius 1 is 1.42 bits per heavy atom. The fraction of sp³-hybridized carbons (Fsp3) is 0.429. The van der Waals surface area contributed by atoms with Crippen molar-refractivity contribution in [2.45, 2.75) is 39.3 Å². The molecular formula is C14H18ClN3O. The maximum Gasteiger partial charge on any atom is 0.0997 e. The molecule has 2 aromatic rings. The van der Waals surface area contributed by atoms with Gasteiger partial charge in [0.15, 0.2) is 0 Å². The predicted octanol–water partition coefficient (Wildman–Crippen LogP) is 2.79. The largest absolute Gasteiger partial charge is 0.386 e. The Labute approximate surface area is 118 Å². The Bertz CT molecular complexity index is 553. The molecule has 1 N–H and O–H groups in total. The highest BCUT2D eigenvalue weighted by Crippen LogP contribution is 2.23. The van der Waals surface area contributed by atoms with E-state index in [4.69, 9.17) is 11.6 Å². The van der Waals surface area contributed by atoms with Crippen LogP contribution in [0.1, 0.15) is 36.9 Å². The predicted molar refractivity (Wildman–Crippen MR) is 75.2 cm³/mol. The number of nitrogens with zero attached hydrogens (tertiary/aromatic N) is 3. The molecule has 0 aliphatic heterocycles. The van der Waals surface area contributed by atoms with Gasteiger partial charge in [-0.2, -0.15) is 5.10 Å². The molecule has 0 bridgehead atoms. The van der Waals surface area contributed by atoms with Crippen LogP contribution < -0.4 is 0 Å². The van der Waals surface area contributed by atoms with Crippen LogP contribution in [0.5, 0.6) is 0 Å². The molecule has 1 unspecified atom stereocenters. The van der Waals surface area contributed by atoms with Crippen LogP contribution in [0.25, 0.3) is 0 Å². The second-order valence-electron chi connectivity index (χ2n) is 4.42. The summed E-state index contributed by atoms with van der Waals surface area (Å²) < 4.78 is 1.85. The highest BCUT2D eigenvalue weighted by atomic mass is 35.5. The van der Waals surface area contributed by atoms with E-state index in [1.807, 2.05) is 23.7 Å². The van der Waals surface area contributed by atoms with Gasteiger partial charge < -0.3 is 5.11 Å². The van der Waals surface area contributed by atoms with E-state index in [-0.39, 0.29) is 0 Å². The lowest BCUT2D eigenvalue weighted by atomic mass is 10.1. The van der Waals surface area contributed by atoms with Gasteiger partial charge in [-0.15, -0.1) is 0 Å². The van der Waals surface area contributed by atoms with Gasteiger partial charge in [0.1, 0.15) is 0 Å². The van der Waals surface area contributed by atoms with Crippen LogP contribution in [0.3, 0.4) is 0 Å². The Morgan fingerprint density at radius 3 is 2.84 bits per heavy atom. The molecule has 102 valence electrons. The van der Waals surface area contributed by atoms with Crippen LogP contribution in [0.2, 0.25) is 5.02 Å². The molecular weight excluding hydrogens is 262 g/mol. The molecule has 0 radical (unpaired) electrons. The van der Waals surface area contributed by atoms with Crippen molar-refractivity contribution in [3.8, 4) is 0 Å². The normalized spacial score (nSPS) is 12.6. The minimum absolute atomic E-state index is 0.468. The van der Waals surface area contributed by atoms with Gasteiger partial charge in [0.2, 0.25) is 0 Å². The molecule has 0 saturated heterocycles. The van der Waals surface area contributed by atoms with E-state index < -0.39 is 6.10 Å². The van der Waals surface area contributed by atoms with E-state index in [2.05, 4.69) is 17.0 Å². The maximum absolute atomic E-state index is 10.4. The molecule has 0 aromatic carbocycles. The molecule has 2 aromatic heterocycles. The van der Waals surface area contributed by atoms with Crippen molar-refractivity contribution >= 4 is 11.6 Å². The zero-order valence-corrected chi connectivity index (χ0v) is 11.9. The SMILES string of the molecule is CCc1cc(C(O)Cc2ccncc2Cl)n(CC)n1. The topological polar surface area (TPSA) is 50.9 Å². The maximum atomic E-state index is 10.4. The van der Waals surface area contributed by atoms with Gasteiger partial charge in [0, 0.05) is 25.4 Å². The Kier molecular flexibility index (Phi) is 4.56. The molecule has 2 rings (SSSR count). The van der Waals surface area contributed by atoms with Crippen LogP contribution in [-0.2, 0) is 19.4 Å². The number of pyridine rings is 1. The summed E-state index contributed by atoms with van der Waals surface area (Å²) in [6, 6.07) is 3.79. The van der Waals surface area contributed by atoms with E-state index >= 15 is 0 Å². The molecule has 1 atom stereocenters. The fourth-order valence-corrected chi connectivity index (χ4v) is 2.26. The summed E-state index contributed by atoms with van der Waals surface area (Å²) in [6.45, 7) is 4.82. The van der Waals surface area contributed by atoms with E-state index in [0.717, 1.165) is 29.9 Å². The number of hydrogen-bond acceptors (Lipinski definition) is 3. The van der Waals surface area contributed by atoms with E-state index in [1.54, 1.807) is 12.4 Å². The van der Waals surface area contributed by atoms with Gasteiger partial charge in [-0.1, -0.05) is 18.5 Å². The first kappa shape index (κ1) is 14.0. The summed E-state index contributed by atoms with van der Waals surface area (Å²) >= 11 is 6.07. The first-order valence-corrected chi connectivity index (χ1v) is 6.86. The Balaban J connectivity index is 2.22. The highest BCUT2D eigenvalue weighted by molar-refractivity contribution is 6.31. The van der Waals surface area contributed by atoms with Gasteiger partial charge in [-0.05, 0) is 31.0 Å². The van der Waals surface area contributed by atoms with E-state index in [1.165, 1.54) is 0 Å². The van der Waals surface area contributed by atoms with Crippen molar-refractivity contribution in [1.29, 1.82) is 0 Å². The Morgan fingerprint density at radius 2 is 2.21 bits per heavy atom. The number of rotatable bonds is 5. The standard InChI is InChI=1S/C14H18ClN3O/c1-3-11-8-13(18(4-2)17-11)14(19)7-10-5-6-16-9-12(10)15/h5-6,8-9,14,19H,3-4,7H2,1-2H3. The van der Waals surface area contributed by atoms with Crippen molar-refractivity contribution in [1.82, 2.24) is 14.8 Å². The van der Waals surface area contributed by atoms with Crippen LogP contribution in [-0.4, -0.2) is 19.9 Å². The van der Waals surface area contributed by atoms with Gasteiger partial charge >= 0.3 is 0 Å². The molecule has 2 heterocycles. The quantitative estimate of drug-likeness (QED) is 0.916. The fourth-order valence-electron chi connectivity index (χ4n) is 2.06. The van der Waals surface area contributed by atoms with Gasteiger partial charge in [0.25, 0.3) is 0 Å². The summed E-state index contributed by atoms with van der Waals surface area (Å²) in [5.41, 5.74) is 2.73. The summed E-state index contributed by atoms with van der Waals surface area (Å²) in [7, 11) is 0. The monoisotopic (exact) mass is 279 g/mol. The molecule has 0 fully saturated rings. The molecule has 5 heteroatoms. The third kappa shape index (κ3) is 3.14. The first-order chi connectivity index (χ1) is 9.15.